The Labute approximate surface area is 144 Å². The fraction of sp³-hybridized carbons (Fsp3) is 0.733. The second-order valence-corrected chi connectivity index (χ2v) is 5.82. The largest absolute Gasteiger partial charge is 0.479 e. The number of carboxylic acid groups (broad SMARTS) is 1. The van der Waals surface area contributed by atoms with E-state index in [1.807, 2.05) is 0 Å². The molecule has 1 rings (SSSR count). The number of carbonyl (C=O) groups excluding carboxylic acids is 3. The highest BCUT2D eigenvalue weighted by Gasteiger charge is 2.53. The third-order valence-corrected chi connectivity index (χ3v) is 3.17. The quantitative estimate of drug-likeness (QED) is 0.605. The smallest absolute Gasteiger partial charge is 0.337 e. The van der Waals surface area contributed by atoms with Crippen LogP contribution in [0.2, 0.25) is 0 Å². The van der Waals surface area contributed by atoms with Gasteiger partial charge in [-0.1, -0.05) is 0 Å². The summed E-state index contributed by atoms with van der Waals surface area (Å²) in [5, 5.41) is 11.9. The summed E-state index contributed by atoms with van der Waals surface area (Å²) in [6.07, 6.45) is -5.99. The zero-order chi connectivity index (χ0) is 19.3. The number of carboxylic acids is 1. The molecule has 0 aliphatic carbocycles. The van der Waals surface area contributed by atoms with E-state index in [0.29, 0.717) is 0 Å². The van der Waals surface area contributed by atoms with Crippen LogP contribution in [0.4, 0.5) is 0 Å². The molecule has 2 N–H and O–H groups in total. The number of aliphatic carboxylic acids is 1. The van der Waals surface area contributed by atoms with Crippen LogP contribution in [0, 0.1) is 0 Å². The Balaban J connectivity index is 3.31. The summed E-state index contributed by atoms with van der Waals surface area (Å²) in [5.74, 6) is -3.45. The van der Waals surface area contributed by atoms with E-state index < -0.39 is 54.5 Å². The molecule has 0 unspecified atom stereocenters. The van der Waals surface area contributed by atoms with Crippen molar-refractivity contribution >= 4 is 23.8 Å². The summed E-state index contributed by atoms with van der Waals surface area (Å²) in [6, 6.07) is -1.07. The second-order valence-electron chi connectivity index (χ2n) is 5.82. The highest BCUT2D eigenvalue weighted by molar-refractivity contribution is 5.76. The summed E-state index contributed by atoms with van der Waals surface area (Å²) in [6.45, 7) is 6.78. The molecule has 0 aromatic rings. The van der Waals surface area contributed by atoms with E-state index in [2.05, 4.69) is 5.32 Å². The van der Waals surface area contributed by atoms with Gasteiger partial charge in [0.1, 0.15) is 6.04 Å². The van der Waals surface area contributed by atoms with Gasteiger partial charge in [-0.15, -0.1) is 0 Å². The first-order valence-electron chi connectivity index (χ1n) is 7.68. The van der Waals surface area contributed by atoms with E-state index in [-0.39, 0.29) is 6.10 Å². The number of rotatable bonds is 6. The number of ether oxygens (including phenoxy) is 4. The lowest BCUT2D eigenvalue weighted by atomic mass is 9.95. The van der Waals surface area contributed by atoms with Crippen LogP contribution in [-0.2, 0) is 38.1 Å². The molecule has 0 radical (unpaired) electrons. The third-order valence-electron chi connectivity index (χ3n) is 3.17. The predicted octanol–water partition coefficient (Wildman–Crippen LogP) is -0.411. The number of carbonyl (C=O) groups is 4. The van der Waals surface area contributed by atoms with Gasteiger partial charge < -0.3 is 29.4 Å². The van der Waals surface area contributed by atoms with Gasteiger partial charge in [-0.2, -0.15) is 0 Å². The minimum absolute atomic E-state index is 0.376. The molecule has 0 aromatic carbocycles. The maximum atomic E-state index is 11.5. The Morgan fingerprint density at radius 3 is 1.92 bits per heavy atom. The van der Waals surface area contributed by atoms with Crippen molar-refractivity contribution in [3.05, 3.63) is 0 Å². The Bertz CT molecular complexity index is 533. The van der Waals surface area contributed by atoms with Crippen LogP contribution >= 0.6 is 0 Å². The molecule has 1 aliphatic rings. The summed E-state index contributed by atoms with van der Waals surface area (Å²) in [7, 11) is 0. The molecule has 0 aromatic heterocycles. The van der Waals surface area contributed by atoms with E-state index in [9.17, 15) is 24.3 Å². The van der Waals surface area contributed by atoms with Crippen LogP contribution in [0.1, 0.15) is 34.6 Å². The lowest BCUT2D eigenvalue weighted by Crippen LogP contribution is -2.67. The van der Waals surface area contributed by atoms with Crippen LogP contribution in [-0.4, -0.2) is 65.7 Å². The van der Waals surface area contributed by atoms with Gasteiger partial charge in [-0.05, 0) is 13.8 Å². The maximum absolute atomic E-state index is 11.5. The molecule has 1 amide bonds. The molecule has 142 valence electrons. The van der Waals surface area contributed by atoms with Crippen molar-refractivity contribution in [1.82, 2.24) is 5.32 Å². The monoisotopic (exact) mass is 361 g/mol. The van der Waals surface area contributed by atoms with Crippen molar-refractivity contribution in [2.75, 3.05) is 0 Å². The Hall–Kier alpha value is -2.20. The van der Waals surface area contributed by atoms with Crippen molar-refractivity contribution in [2.45, 2.75) is 71.4 Å². The van der Waals surface area contributed by atoms with E-state index in [0.717, 1.165) is 13.8 Å². The summed E-state index contributed by atoms with van der Waals surface area (Å²) in [4.78, 5) is 45.9. The standard InChI is InChI=1S/C15H23NO9/c1-6(2)22-15-10(16-7(3)17)11(23-8(4)18)12(24-9(5)19)13(25-15)14(20)21/h6,10-13,15H,1-5H3,(H,16,17)(H,20,21)/t10-,11-,12+,13+,15-/m1/s1. The van der Waals surface area contributed by atoms with Gasteiger partial charge >= 0.3 is 17.9 Å². The van der Waals surface area contributed by atoms with Gasteiger partial charge in [0.2, 0.25) is 5.91 Å². The summed E-state index contributed by atoms with van der Waals surface area (Å²) < 4.78 is 21.1. The van der Waals surface area contributed by atoms with Crippen molar-refractivity contribution in [3.63, 3.8) is 0 Å². The molecule has 10 heteroatoms. The topological polar surface area (TPSA) is 137 Å². The van der Waals surface area contributed by atoms with Gasteiger partial charge in [-0.25, -0.2) is 4.79 Å². The number of hydrogen-bond donors (Lipinski definition) is 2. The van der Waals surface area contributed by atoms with Crippen molar-refractivity contribution < 1.29 is 43.2 Å². The molecule has 1 fully saturated rings. The maximum Gasteiger partial charge on any atom is 0.337 e. The van der Waals surface area contributed by atoms with Crippen molar-refractivity contribution in [3.8, 4) is 0 Å². The predicted molar refractivity (Wildman–Crippen MR) is 81.2 cm³/mol. The molecule has 25 heavy (non-hydrogen) atoms. The van der Waals surface area contributed by atoms with Crippen molar-refractivity contribution in [1.29, 1.82) is 0 Å². The molecule has 10 nitrogen and oxygen atoms in total. The third kappa shape index (κ3) is 5.98. The molecule has 1 saturated heterocycles. The number of esters is 2. The van der Waals surface area contributed by atoms with E-state index in [1.54, 1.807) is 13.8 Å². The minimum Gasteiger partial charge on any atom is -0.479 e. The number of nitrogens with one attached hydrogen (secondary N) is 1. The molecule has 0 spiro atoms. The van der Waals surface area contributed by atoms with E-state index in [1.165, 1.54) is 6.92 Å². The average Bonchev–Trinajstić information content (AvgIpc) is 2.42. The molecule has 0 saturated carbocycles. The fourth-order valence-electron chi connectivity index (χ4n) is 2.46. The SMILES string of the molecule is CC(=O)N[C@H]1[C@H](OC(C)C)O[C@H](C(=O)O)[C@@H](OC(C)=O)[C@@H]1OC(C)=O. The first-order valence-corrected chi connectivity index (χ1v) is 7.68. The summed E-state index contributed by atoms with van der Waals surface area (Å²) >= 11 is 0. The Morgan fingerprint density at radius 2 is 1.52 bits per heavy atom. The van der Waals surface area contributed by atoms with Crippen LogP contribution in [0.15, 0.2) is 0 Å². The average molecular weight is 361 g/mol. The Kier molecular flexibility index (Phi) is 7.31. The fourth-order valence-corrected chi connectivity index (χ4v) is 2.46. The van der Waals surface area contributed by atoms with Crippen LogP contribution in [0.3, 0.4) is 0 Å². The summed E-state index contributed by atoms with van der Waals surface area (Å²) in [5.41, 5.74) is 0. The van der Waals surface area contributed by atoms with E-state index in [4.69, 9.17) is 18.9 Å². The molecule has 0 bridgehead atoms. The normalized spacial score (nSPS) is 29.0. The van der Waals surface area contributed by atoms with Gasteiger partial charge in [0.05, 0.1) is 6.10 Å². The van der Waals surface area contributed by atoms with Crippen LogP contribution in [0.25, 0.3) is 0 Å². The highest BCUT2D eigenvalue weighted by Crippen LogP contribution is 2.28. The molecule has 1 aliphatic heterocycles. The van der Waals surface area contributed by atoms with Gasteiger partial charge in [0, 0.05) is 20.8 Å². The first-order chi connectivity index (χ1) is 11.5. The zero-order valence-electron chi connectivity index (χ0n) is 14.7. The van der Waals surface area contributed by atoms with Gasteiger partial charge in [-0.3, -0.25) is 14.4 Å². The first kappa shape index (κ1) is 20.8. The zero-order valence-corrected chi connectivity index (χ0v) is 14.7. The van der Waals surface area contributed by atoms with E-state index >= 15 is 0 Å². The number of amides is 1. The van der Waals surface area contributed by atoms with Gasteiger partial charge in [0.25, 0.3) is 0 Å². The lowest BCUT2D eigenvalue weighted by Gasteiger charge is -2.44. The molecular formula is C15H23NO9. The molecule has 1 heterocycles. The number of hydrogen-bond acceptors (Lipinski definition) is 8. The molecule has 5 atom stereocenters. The second kappa shape index (κ2) is 8.77. The molecular weight excluding hydrogens is 338 g/mol. The van der Waals surface area contributed by atoms with Crippen LogP contribution < -0.4 is 5.32 Å². The minimum atomic E-state index is -1.64. The Morgan fingerprint density at radius 1 is 1.00 bits per heavy atom. The van der Waals surface area contributed by atoms with Crippen molar-refractivity contribution in [2.24, 2.45) is 0 Å². The van der Waals surface area contributed by atoms with Crippen LogP contribution in [0.5, 0.6) is 0 Å². The lowest BCUT2D eigenvalue weighted by molar-refractivity contribution is -0.278. The van der Waals surface area contributed by atoms with Gasteiger partial charge in [0.15, 0.2) is 24.6 Å². The highest BCUT2D eigenvalue weighted by atomic mass is 16.7.